The Hall–Kier alpha value is -1.60. The van der Waals surface area contributed by atoms with E-state index in [0.29, 0.717) is 17.1 Å². The summed E-state index contributed by atoms with van der Waals surface area (Å²) in [5, 5.41) is 7.81. The van der Waals surface area contributed by atoms with Gasteiger partial charge in [-0.05, 0) is 33.9 Å². The van der Waals surface area contributed by atoms with Gasteiger partial charge < -0.3 is 15.8 Å². The number of nitrogens with one attached hydrogen (secondary N) is 1. The average Bonchev–Trinajstić information content (AvgIpc) is 2.95. The Balaban J connectivity index is 2.13. The van der Waals surface area contributed by atoms with Crippen LogP contribution in [0.4, 0.5) is 10.8 Å². The van der Waals surface area contributed by atoms with Crippen molar-refractivity contribution in [1.82, 2.24) is 4.37 Å². The highest BCUT2D eigenvalue weighted by Crippen LogP contribution is 2.27. The van der Waals surface area contributed by atoms with Crippen LogP contribution in [0.25, 0.3) is 0 Å². The van der Waals surface area contributed by atoms with Crippen LogP contribution in [-0.4, -0.2) is 17.5 Å². The van der Waals surface area contributed by atoms with Gasteiger partial charge in [-0.2, -0.15) is 15.7 Å². The normalized spacial score (nSPS) is 10.2. The number of methoxy groups -OCH3 is 1. The van der Waals surface area contributed by atoms with Gasteiger partial charge in [-0.3, -0.25) is 0 Å². The molecule has 0 amide bonds. The summed E-state index contributed by atoms with van der Waals surface area (Å²) in [7, 11) is 1.32. The number of thiophene rings is 1. The van der Waals surface area contributed by atoms with Gasteiger partial charge >= 0.3 is 5.97 Å². The first kappa shape index (κ1) is 11.9. The molecular weight excluding hydrogens is 258 g/mol. The molecule has 0 aliphatic heterocycles. The quantitative estimate of drug-likeness (QED) is 0.832. The second kappa shape index (κ2) is 5.15. The number of esters is 1. The minimum Gasteiger partial charge on any atom is -0.465 e. The van der Waals surface area contributed by atoms with E-state index in [4.69, 9.17) is 5.73 Å². The van der Waals surface area contributed by atoms with Crippen molar-refractivity contribution >= 4 is 39.7 Å². The molecule has 2 heterocycles. The van der Waals surface area contributed by atoms with E-state index >= 15 is 0 Å². The first-order chi connectivity index (χ1) is 8.22. The third-order valence-corrected chi connectivity index (χ3v) is 3.69. The van der Waals surface area contributed by atoms with Gasteiger partial charge in [0.1, 0.15) is 10.6 Å². The Morgan fingerprint density at radius 3 is 3.12 bits per heavy atom. The number of aromatic nitrogens is 1. The number of anilines is 2. The summed E-state index contributed by atoms with van der Waals surface area (Å²) < 4.78 is 8.61. The van der Waals surface area contributed by atoms with Crippen molar-refractivity contribution in [1.29, 1.82) is 0 Å². The first-order valence-electron chi connectivity index (χ1n) is 4.80. The van der Waals surface area contributed by atoms with Crippen molar-refractivity contribution in [2.45, 2.75) is 6.54 Å². The van der Waals surface area contributed by atoms with E-state index in [1.54, 1.807) is 11.3 Å². The summed E-state index contributed by atoms with van der Waals surface area (Å²) in [5.41, 5.74) is 7.09. The third kappa shape index (κ3) is 2.56. The molecule has 0 spiro atoms. The lowest BCUT2D eigenvalue weighted by Gasteiger charge is -2.04. The number of nitrogen functional groups attached to an aromatic ring is 1. The number of nitrogens with two attached hydrogens (primary N) is 1. The van der Waals surface area contributed by atoms with Crippen molar-refractivity contribution in [2.24, 2.45) is 0 Å². The second-order valence-electron chi connectivity index (χ2n) is 3.25. The monoisotopic (exact) mass is 269 g/mol. The molecule has 2 aromatic rings. The Bertz CT molecular complexity index is 508. The maximum atomic E-state index is 11.5. The second-order valence-corrected chi connectivity index (χ2v) is 4.80. The predicted octanol–water partition coefficient (Wildman–Crippen LogP) is 2.19. The zero-order valence-corrected chi connectivity index (χ0v) is 10.7. The average molecular weight is 269 g/mol. The van der Waals surface area contributed by atoms with Crippen LogP contribution in [-0.2, 0) is 11.3 Å². The van der Waals surface area contributed by atoms with E-state index in [-0.39, 0.29) is 5.82 Å². The van der Waals surface area contributed by atoms with Gasteiger partial charge in [-0.25, -0.2) is 4.79 Å². The molecule has 0 saturated carbocycles. The zero-order valence-electron chi connectivity index (χ0n) is 9.10. The summed E-state index contributed by atoms with van der Waals surface area (Å²) in [5.74, 6) is -0.265. The number of ether oxygens (including phenoxy) is 1. The number of carbonyl (C=O) groups excluding carboxylic acids is 1. The third-order valence-electron chi connectivity index (χ3n) is 2.14. The molecule has 3 N–H and O–H groups in total. The van der Waals surface area contributed by atoms with E-state index in [0.717, 1.165) is 17.1 Å². The van der Waals surface area contributed by atoms with E-state index in [9.17, 15) is 4.79 Å². The lowest BCUT2D eigenvalue weighted by atomic mass is 10.3. The molecule has 90 valence electrons. The summed E-state index contributed by atoms with van der Waals surface area (Å²) in [4.78, 5) is 11.5. The van der Waals surface area contributed by atoms with Gasteiger partial charge in [0, 0.05) is 6.54 Å². The fourth-order valence-electron chi connectivity index (χ4n) is 1.30. The largest absolute Gasteiger partial charge is 0.465 e. The fourth-order valence-corrected chi connectivity index (χ4v) is 2.66. The predicted molar refractivity (Wildman–Crippen MR) is 69.5 cm³/mol. The summed E-state index contributed by atoms with van der Waals surface area (Å²) in [6.07, 6.45) is 0. The minimum absolute atomic E-state index is 0.203. The summed E-state index contributed by atoms with van der Waals surface area (Å²) >= 11 is 2.78. The van der Waals surface area contributed by atoms with E-state index in [1.807, 2.05) is 16.8 Å². The Morgan fingerprint density at radius 1 is 1.65 bits per heavy atom. The Morgan fingerprint density at radius 2 is 2.47 bits per heavy atom. The zero-order chi connectivity index (χ0) is 12.3. The van der Waals surface area contributed by atoms with Crippen molar-refractivity contribution in [3.05, 3.63) is 28.0 Å². The maximum Gasteiger partial charge on any atom is 0.344 e. The molecule has 0 bridgehead atoms. The molecule has 2 rings (SSSR count). The van der Waals surface area contributed by atoms with Crippen LogP contribution < -0.4 is 11.1 Å². The van der Waals surface area contributed by atoms with Gasteiger partial charge in [-0.15, -0.1) is 0 Å². The molecule has 2 aromatic heterocycles. The smallest absolute Gasteiger partial charge is 0.344 e. The van der Waals surface area contributed by atoms with E-state index in [1.165, 1.54) is 7.11 Å². The Labute approximate surface area is 106 Å². The highest BCUT2D eigenvalue weighted by atomic mass is 32.1. The lowest BCUT2D eigenvalue weighted by molar-refractivity contribution is 0.0603. The molecule has 17 heavy (non-hydrogen) atoms. The van der Waals surface area contributed by atoms with E-state index < -0.39 is 5.97 Å². The highest BCUT2D eigenvalue weighted by Gasteiger charge is 2.19. The number of carbonyl (C=O) groups is 1. The van der Waals surface area contributed by atoms with Gasteiger partial charge in [0.2, 0.25) is 0 Å². The highest BCUT2D eigenvalue weighted by molar-refractivity contribution is 7.11. The molecular formula is C10H11N3O2S2. The lowest BCUT2D eigenvalue weighted by Crippen LogP contribution is -2.07. The molecule has 0 unspecified atom stereocenters. The molecule has 5 nitrogen and oxygen atoms in total. The number of hydrogen-bond donors (Lipinski definition) is 2. The molecule has 0 atom stereocenters. The molecule has 0 aliphatic rings. The summed E-state index contributed by atoms with van der Waals surface area (Å²) in [6, 6.07) is 2.01. The molecule has 0 aromatic carbocycles. The Kier molecular flexibility index (Phi) is 3.60. The van der Waals surface area contributed by atoms with Crippen LogP contribution in [0.1, 0.15) is 15.9 Å². The van der Waals surface area contributed by atoms with Crippen LogP contribution >= 0.6 is 22.9 Å². The fraction of sp³-hybridized carbons (Fsp3) is 0.200. The van der Waals surface area contributed by atoms with Crippen molar-refractivity contribution in [3.8, 4) is 0 Å². The van der Waals surface area contributed by atoms with Gasteiger partial charge in [0.05, 0.1) is 7.11 Å². The summed E-state index contributed by atoms with van der Waals surface area (Å²) in [6.45, 7) is 0.634. The van der Waals surface area contributed by atoms with Crippen molar-refractivity contribution in [2.75, 3.05) is 18.2 Å². The van der Waals surface area contributed by atoms with Crippen LogP contribution in [0.5, 0.6) is 0 Å². The van der Waals surface area contributed by atoms with Crippen LogP contribution in [0.2, 0.25) is 0 Å². The van der Waals surface area contributed by atoms with Crippen LogP contribution in [0, 0.1) is 0 Å². The standard InChI is InChI=1S/C10H11N3O2S2/c1-15-10(14)7-8(11)13-17-9(7)12-4-6-2-3-16-5-6/h2-3,5,12H,4H2,1H3,(H2,11,13). The number of hydrogen-bond acceptors (Lipinski definition) is 7. The molecule has 0 aliphatic carbocycles. The molecule has 0 radical (unpaired) electrons. The number of rotatable bonds is 4. The van der Waals surface area contributed by atoms with Crippen molar-refractivity contribution < 1.29 is 9.53 Å². The molecule has 7 heteroatoms. The van der Waals surface area contributed by atoms with Crippen LogP contribution in [0.3, 0.4) is 0 Å². The minimum atomic E-state index is -0.468. The van der Waals surface area contributed by atoms with E-state index in [2.05, 4.69) is 14.4 Å². The van der Waals surface area contributed by atoms with Gasteiger partial charge in [0.25, 0.3) is 0 Å². The van der Waals surface area contributed by atoms with Crippen molar-refractivity contribution in [3.63, 3.8) is 0 Å². The van der Waals surface area contributed by atoms with Gasteiger partial charge in [-0.1, -0.05) is 0 Å². The number of nitrogens with zero attached hydrogens (tertiary/aromatic N) is 1. The van der Waals surface area contributed by atoms with Crippen LogP contribution in [0.15, 0.2) is 16.8 Å². The molecule has 0 saturated heterocycles. The topological polar surface area (TPSA) is 77.2 Å². The SMILES string of the molecule is COC(=O)c1c(N)nsc1NCc1ccsc1. The van der Waals surface area contributed by atoms with Gasteiger partial charge in [0.15, 0.2) is 5.82 Å². The molecule has 0 fully saturated rings. The first-order valence-corrected chi connectivity index (χ1v) is 6.52. The maximum absolute atomic E-state index is 11.5.